The summed E-state index contributed by atoms with van der Waals surface area (Å²) in [5, 5.41) is 12.5. The van der Waals surface area contributed by atoms with Crippen molar-refractivity contribution in [1.29, 1.82) is 0 Å². The molecule has 2 heterocycles. The van der Waals surface area contributed by atoms with E-state index in [1.54, 1.807) is 154 Å². The van der Waals surface area contributed by atoms with Gasteiger partial charge in [-0.2, -0.15) is 0 Å². The second-order valence-electron chi connectivity index (χ2n) is 40.8. The molecule has 2 saturated heterocycles. The van der Waals surface area contributed by atoms with Gasteiger partial charge in [-0.05, 0) is 82.2 Å². The van der Waals surface area contributed by atoms with Crippen molar-refractivity contribution < 1.29 is 0 Å². The summed E-state index contributed by atoms with van der Waals surface area (Å²) in [6, 6.07) is 0. The maximum absolute atomic E-state index is 3.79. The van der Waals surface area contributed by atoms with Crippen LogP contribution in [0.25, 0.3) is 0 Å². The van der Waals surface area contributed by atoms with Crippen molar-refractivity contribution in [2.75, 3.05) is 39.5 Å². The molecule has 0 bridgehead atoms. The minimum Gasteiger partial charge on any atom is -0.301 e. The van der Waals surface area contributed by atoms with Gasteiger partial charge in [0.1, 0.15) is 0 Å². The van der Waals surface area contributed by atoms with Gasteiger partial charge in [0.15, 0.2) is 0 Å². The van der Waals surface area contributed by atoms with E-state index in [1.165, 1.54) is 396 Å². The average Bonchev–Trinajstić information content (AvgIpc) is 0.922. The summed E-state index contributed by atoms with van der Waals surface area (Å²) in [4.78, 5) is 0. The Kier molecular flexibility index (Phi) is 59.7. The lowest BCUT2D eigenvalue weighted by molar-refractivity contribution is 0.196. The Labute approximate surface area is 691 Å². The summed E-state index contributed by atoms with van der Waals surface area (Å²) in [7, 11) is 0. The highest BCUT2D eigenvalue weighted by molar-refractivity contribution is 5.02. The normalized spacial score (nSPS) is 27.1. The lowest BCUT2D eigenvalue weighted by atomic mass is 9.73. The van der Waals surface area contributed by atoms with Crippen LogP contribution in [0.15, 0.2) is 24.3 Å². The number of hydrogen-bond acceptors (Lipinski definition) is 4. The van der Waals surface area contributed by atoms with Gasteiger partial charge in [0.25, 0.3) is 0 Å². The summed E-state index contributed by atoms with van der Waals surface area (Å²) >= 11 is 0. The minimum atomic E-state index is 0.930. The third kappa shape index (κ3) is 47.8. The van der Waals surface area contributed by atoms with Crippen LogP contribution in [0, 0.1) is 71.0 Å². The lowest BCUT2D eigenvalue weighted by Gasteiger charge is -2.32. The van der Waals surface area contributed by atoms with Crippen molar-refractivity contribution in [3.63, 3.8) is 0 Å². The molecule has 4 heteroatoms. The van der Waals surface area contributed by atoms with Crippen LogP contribution < -0.4 is 21.3 Å². The molecule has 16 aliphatic carbocycles. The molecule has 0 unspecified atom stereocenters. The van der Waals surface area contributed by atoms with Crippen LogP contribution in [0.1, 0.15) is 539 Å². The first-order chi connectivity index (χ1) is 54.6. The summed E-state index contributed by atoms with van der Waals surface area (Å²) < 4.78 is 0. The maximum atomic E-state index is 3.79. The van der Waals surface area contributed by atoms with Gasteiger partial charge in [0.05, 0.1) is 0 Å². The van der Waals surface area contributed by atoms with Crippen molar-refractivity contribution >= 4 is 0 Å². The Hall–Kier alpha value is -0.680. The lowest BCUT2D eigenvalue weighted by Crippen LogP contribution is -2.38. The van der Waals surface area contributed by atoms with E-state index >= 15 is 0 Å². The fourth-order valence-corrected chi connectivity index (χ4v) is 24.8. The van der Waals surface area contributed by atoms with Crippen LogP contribution in [0.3, 0.4) is 0 Å². The van der Waals surface area contributed by atoms with Gasteiger partial charge in [0.2, 0.25) is 0 Å². The van der Waals surface area contributed by atoms with E-state index in [-0.39, 0.29) is 0 Å². The van der Waals surface area contributed by atoms with E-state index < -0.39 is 0 Å². The minimum absolute atomic E-state index is 0.930. The molecule has 16 saturated carbocycles. The van der Waals surface area contributed by atoms with E-state index in [0.717, 1.165) is 111 Å². The monoisotopic (exact) mass is 1530 g/mol. The molecule has 0 aromatic carbocycles. The number of nitrogens with one attached hydrogen (secondary N) is 4. The summed E-state index contributed by atoms with van der Waals surface area (Å²) in [5.74, 6) is 13.7. The van der Waals surface area contributed by atoms with Gasteiger partial charge in [-0.3, -0.25) is 0 Å². The molecule has 0 amide bonds. The zero-order valence-electron chi connectivity index (χ0n) is 75.0. The molecule has 2 aliphatic heterocycles. The molecule has 18 aliphatic rings. The first-order valence-corrected chi connectivity index (χ1v) is 52.7. The van der Waals surface area contributed by atoms with Crippen molar-refractivity contribution in [1.82, 2.24) is 21.3 Å². The van der Waals surface area contributed by atoms with E-state index in [2.05, 4.69) is 34.4 Å². The smallest absolute Gasteiger partial charge is 0.0459 e. The molecule has 0 aromatic rings. The topological polar surface area (TPSA) is 48.1 Å². The second-order valence-corrected chi connectivity index (χ2v) is 40.8. The third-order valence-corrected chi connectivity index (χ3v) is 31.8. The van der Waals surface area contributed by atoms with E-state index in [4.69, 9.17) is 0 Å². The third-order valence-electron chi connectivity index (χ3n) is 31.8. The Morgan fingerprint density at radius 1 is 0.118 bits per heavy atom. The predicted molar refractivity (Wildman–Crippen MR) is 490 cm³/mol. The van der Waals surface area contributed by atoms with Crippen LogP contribution in [0.4, 0.5) is 0 Å². The van der Waals surface area contributed by atoms with E-state index in [1.807, 2.05) is 0 Å². The van der Waals surface area contributed by atoms with Crippen molar-refractivity contribution in [2.24, 2.45) is 71.0 Å². The summed E-state index contributed by atoms with van der Waals surface area (Å²) in [6.07, 6.45) is 128. The molecular formula is C106H200N4. The van der Waals surface area contributed by atoms with Gasteiger partial charge in [-0.15, -0.1) is 0 Å². The number of rotatable bonds is 6. The average molecular weight is 1530 g/mol. The first kappa shape index (κ1) is 96.5. The van der Waals surface area contributed by atoms with E-state index in [0.29, 0.717) is 0 Å². The second kappa shape index (κ2) is 68.1. The molecular weight excluding hydrogens is 1330 g/mol. The SMILES string of the molecule is C1CCC(C2CCCCC2)CC1.C1CCC(C2CCCCC2)CC1.C1CCC(C2CCCCC2)CC1.C1CCC(C2CCCCC2)CC1.C1CCC(C2CCCCC2)CC1.C1CCC(C2CCCCC2)CC1.C1CCCCC1.C1CCCCC1.C1CCCCC1.C1CCCCC1.C=C1CNCNC1.C=C1CNCNC1. The van der Waals surface area contributed by atoms with Crippen LogP contribution >= 0.6 is 0 Å². The van der Waals surface area contributed by atoms with Crippen LogP contribution in [-0.2, 0) is 0 Å². The van der Waals surface area contributed by atoms with Crippen molar-refractivity contribution in [3.05, 3.63) is 24.3 Å². The highest BCUT2D eigenvalue weighted by Gasteiger charge is 2.30. The highest BCUT2D eigenvalue weighted by atomic mass is 15.1. The molecule has 4 nitrogen and oxygen atoms in total. The fraction of sp³-hybridized carbons (Fsp3) is 0.962. The molecule has 18 fully saturated rings. The molecule has 110 heavy (non-hydrogen) atoms. The zero-order chi connectivity index (χ0) is 76.6. The highest BCUT2D eigenvalue weighted by Crippen LogP contribution is 2.44. The maximum Gasteiger partial charge on any atom is 0.0459 e. The molecule has 18 rings (SSSR count). The van der Waals surface area contributed by atoms with Gasteiger partial charge in [-0.25, -0.2) is 0 Å². The zero-order valence-corrected chi connectivity index (χ0v) is 75.0. The van der Waals surface area contributed by atoms with Gasteiger partial charge in [0, 0.05) is 39.5 Å². The van der Waals surface area contributed by atoms with E-state index in [9.17, 15) is 0 Å². The van der Waals surface area contributed by atoms with Crippen LogP contribution in [-0.4, -0.2) is 39.5 Å². The molecule has 0 atom stereocenters. The Bertz CT molecular complexity index is 1480. The quantitative estimate of drug-likeness (QED) is 0.200. The molecule has 0 spiro atoms. The fourth-order valence-electron chi connectivity index (χ4n) is 24.8. The van der Waals surface area contributed by atoms with Gasteiger partial charge < -0.3 is 21.3 Å². The summed E-state index contributed by atoms with van der Waals surface area (Å²) in [5.41, 5.74) is 2.48. The number of hydrogen-bond donors (Lipinski definition) is 4. The van der Waals surface area contributed by atoms with Crippen LogP contribution in [0.2, 0.25) is 0 Å². The van der Waals surface area contributed by atoms with Gasteiger partial charge in [-0.1, -0.05) is 553 Å². The van der Waals surface area contributed by atoms with Crippen LogP contribution in [0.5, 0.6) is 0 Å². The molecule has 0 aromatic heterocycles. The van der Waals surface area contributed by atoms with Gasteiger partial charge >= 0.3 is 0 Å². The summed E-state index contributed by atoms with van der Waals surface area (Å²) in [6.45, 7) is 13.4. The Balaban J connectivity index is 0.000000169. The predicted octanol–water partition coefficient (Wildman–Crippen LogP) is 33.6. The largest absolute Gasteiger partial charge is 0.301 e. The Morgan fingerprint density at radius 3 is 0.255 bits per heavy atom. The van der Waals surface area contributed by atoms with Crippen molar-refractivity contribution in [3.8, 4) is 0 Å². The molecule has 0 radical (unpaired) electrons. The Morgan fingerprint density at radius 2 is 0.191 bits per heavy atom. The standard InChI is InChI=1S/6C12H22.4C6H12.2C5H10N2/c6*1-3-7-11(8-4-1)12-9-5-2-6-10-12;4*1-2-4-6-5-3-1;2*1-5-2-6-4-7-3-5/h6*11-12H,1-10H2;4*1-6H2;2*6-7H,1-4H2. The first-order valence-electron chi connectivity index (χ1n) is 52.7. The van der Waals surface area contributed by atoms with Crippen molar-refractivity contribution in [2.45, 2.75) is 539 Å². The molecule has 644 valence electrons. The molecule has 4 N–H and O–H groups in total.